The van der Waals surface area contributed by atoms with Gasteiger partial charge >= 0.3 is 0 Å². The molecule has 0 radical (unpaired) electrons. The molecule has 1 aromatic rings. The molecule has 0 bridgehead atoms. The van der Waals surface area contributed by atoms with Crippen LogP contribution in [0.25, 0.3) is 0 Å². The molecule has 4 nitrogen and oxygen atoms in total. The van der Waals surface area contributed by atoms with Gasteiger partial charge in [0.2, 0.25) is 5.91 Å². The number of amides is 1. The standard InChI is InChI=1S/C13H18ClN3O/c1-15-8-10-11(14)4-2-5-12(10)17-7-3-6-16-13(18)9-17/h2,4-5,15H,3,6-9H2,1H3,(H,16,18). The number of hydrogen-bond donors (Lipinski definition) is 2. The van der Waals surface area contributed by atoms with Crippen LogP contribution in [0, 0.1) is 0 Å². The van der Waals surface area contributed by atoms with E-state index in [4.69, 9.17) is 11.6 Å². The van der Waals surface area contributed by atoms with E-state index >= 15 is 0 Å². The molecule has 1 fully saturated rings. The van der Waals surface area contributed by atoms with E-state index in [1.54, 1.807) is 0 Å². The normalized spacial score (nSPS) is 16.3. The summed E-state index contributed by atoms with van der Waals surface area (Å²) >= 11 is 6.24. The monoisotopic (exact) mass is 267 g/mol. The summed E-state index contributed by atoms with van der Waals surface area (Å²) in [6.45, 7) is 2.72. The lowest BCUT2D eigenvalue weighted by Crippen LogP contribution is -2.33. The van der Waals surface area contributed by atoms with Gasteiger partial charge in [0, 0.05) is 35.9 Å². The predicted molar refractivity (Wildman–Crippen MR) is 74.1 cm³/mol. The van der Waals surface area contributed by atoms with Crippen molar-refractivity contribution >= 4 is 23.2 Å². The van der Waals surface area contributed by atoms with Crippen molar-refractivity contribution in [2.75, 3.05) is 31.6 Å². The summed E-state index contributed by atoms with van der Waals surface area (Å²) in [4.78, 5) is 13.7. The predicted octanol–water partition coefficient (Wildman–Crippen LogP) is 1.39. The van der Waals surface area contributed by atoms with Crippen molar-refractivity contribution in [3.63, 3.8) is 0 Å². The Hall–Kier alpha value is -1.26. The number of anilines is 1. The molecular formula is C13H18ClN3O. The van der Waals surface area contributed by atoms with Crippen LogP contribution in [0.15, 0.2) is 18.2 Å². The van der Waals surface area contributed by atoms with Gasteiger partial charge in [-0.15, -0.1) is 0 Å². The summed E-state index contributed by atoms with van der Waals surface area (Å²) in [5, 5.41) is 6.74. The van der Waals surface area contributed by atoms with Crippen molar-refractivity contribution in [3.05, 3.63) is 28.8 Å². The number of hydrogen-bond acceptors (Lipinski definition) is 3. The van der Waals surface area contributed by atoms with Gasteiger partial charge < -0.3 is 15.5 Å². The van der Waals surface area contributed by atoms with Crippen molar-refractivity contribution in [1.29, 1.82) is 0 Å². The molecule has 0 aromatic heterocycles. The fraction of sp³-hybridized carbons (Fsp3) is 0.462. The summed E-state index contributed by atoms with van der Waals surface area (Å²) in [6.07, 6.45) is 0.956. The van der Waals surface area contributed by atoms with Crippen LogP contribution in [0.2, 0.25) is 5.02 Å². The van der Waals surface area contributed by atoms with Gasteiger partial charge in [-0.1, -0.05) is 17.7 Å². The SMILES string of the molecule is CNCc1c(Cl)cccc1N1CCCNC(=O)C1. The number of nitrogens with zero attached hydrogens (tertiary/aromatic N) is 1. The average molecular weight is 268 g/mol. The molecular weight excluding hydrogens is 250 g/mol. The number of carbonyl (C=O) groups excluding carboxylic acids is 1. The van der Waals surface area contributed by atoms with Gasteiger partial charge in [-0.25, -0.2) is 0 Å². The molecule has 1 saturated heterocycles. The Morgan fingerprint density at radius 2 is 2.33 bits per heavy atom. The van der Waals surface area contributed by atoms with Crippen molar-refractivity contribution in [2.24, 2.45) is 0 Å². The van der Waals surface area contributed by atoms with Crippen molar-refractivity contribution in [3.8, 4) is 0 Å². The van der Waals surface area contributed by atoms with Gasteiger partial charge in [0.1, 0.15) is 0 Å². The lowest BCUT2D eigenvalue weighted by atomic mass is 10.1. The first kappa shape index (κ1) is 13.2. The zero-order valence-electron chi connectivity index (χ0n) is 10.5. The Kier molecular flexibility index (Phi) is 4.44. The first-order valence-electron chi connectivity index (χ1n) is 6.16. The van der Waals surface area contributed by atoms with E-state index in [1.807, 2.05) is 25.2 Å². The highest BCUT2D eigenvalue weighted by molar-refractivity contribution is 6.31. The molecule has 2 rings (SSSR count). The molecule has 0 atom stereocenters. The van der Waals surface area contributed by atoms with Gasteiger partial charge in [-0.2, -0.15) is 0 Å². The van der Waals surface area contributed by atoms with Crippen LogP contribution in [-0.4, -0.2) is 32.6 Å². The largest absolute Gasteiger partial charge is 0.362 e. The highest BCUT2D eigenvalue weighted by Crippen LogP contribution is 2.27. The molecule has 18 heavy (non-hydrogen) atoms. The van der Waals surface area contributed by atoms with E-state index in [0.29, 0.717) is 13.1 Å². The lowest BCUT2D eigenvalue weighted by Gasteiger charge is -2.25. The molecule has 1 amide bonds. The first-order valence-corrected chi connectivity index (χ1v) is 6.54. The quantitative estimate of drug-likeness (QED) is 0.870. The maximum atomic E-state index is 11.6. The molecule has 0 spiro atoms. The summed E-state index contributed by atoms with van der Waals surface area (Å²) in [5.74, 6) is 0.0721. The van der Waals surface area contributed by atoms with Crippen LogP contribution in [0.1, 0.15) is 12.0 Å². The fourth-order valence-corrected chi connectivity index (χ4v) is 2.44. The molecule has 1 aromatic carbocycles. The van der Waals surface area contributed by atoms with Gasteiger partial charge in [0.25, 0.3) is 0 Å². The van der Waals surface area contributed by atoms with E-state index in [2.05, 4.69) is 15.5 Å². The Morgan fingerprint density at radius 1 is 1.50 bits per heavy atom. The second kappa shape index (κ2) is 6.07. The molecule has 98 valence electrons. The Balaban J connectivity index is 2.30. The average Bonchev–Trinajstić information content (AvgIpc) is 2.57. The van der Waals surface area contributed by atoms with Crippen molar-refractivity contribution in [2.45, 2.75) is 13.0 Å². The van der Waals surface area contributed by atoms with E-state index in [1.165, 1.54) is 0 Å². The van der Waals surface area contributed by atoms with Gasteiger partial charge in [0.05, 0.1) is 6.54 Å². The van der Waals surface area contributed by atoms with Crippen LogP contribution < -0.4 is 15.5 Å². The zero-order valence-corrected chi connectivity index (χ0v) is 11.3. The molecule has 1 heterocycles. The van der Waals surface area contributed by atoms with Gasteiger partial charge in [0.15, 0.2) is 0 Å². The highest BCUT2D eigenvalue weighted by atomic mass is 35.5. The smallest absolute Gasteiger partial charge is 0.239 e. The minimum absolute atomic E-state index is 0.0721. The van der Waals surface area contributed by atoms with E-state index in [0.717, 1.165) is 35.8 Å². The maximum absolute atomic E-state index is 11.6. The third-order valence-electron chi connectivity index (χ3n) is 3.05. The first-order chi connectivity index (χ1) is 8.72. The lowest BCUT2D eigenvalue weighted by molar-refractivity contribution is -0.119. The number of rotatable bonds is 3. The molecule has 0 aliphatic carbocycles. The highest BCUT2D eigenvalue weighted by Gasteiger charge is 2.18. The molecule has 2 N–H and O–H groups in total. The zero-order chi connectivity index (χ0) is 13.0. The third kappa shape index (κ3) is 2.94. The van der Waals surface area contributed by atoms with Gasteiger partial charge in [-0.3, -0.25) is 4.79 Å². The second-order valence-electron chi connectivity index (χ2n) is 4.39. The third-order valence-corrected chi connectivity index (χ3v) is 3.40. The second-order valence-corrected chi connectivity index (χ2v) is 4.80. The Labute approximate surface area is 112 Å². The fourth-order valence-electron chi connectivity index (χ4n) is 2.21. The van der Waals surface area contributed by atoms with E-state index < -0.39 is 0 Å². The summed E-state index contributed by atoms with van der Waals surface area (Å²) < 4.78 is 0. The van der Waals surface area contributed by atoms with Crippen LogP contribution in [-0.2, 0) is 11.3 Å². The van der Waals surface area contributed by atoms with Gasteiger partial charge in [-0.05, 0) is 25.6 Å². The van der Waals surface area contributed by atoms with E-state index in [9.17, 15) is 4.79 Å². The maximum Gasteiger partial charge on any atom is 0.239 e. The Morgan fingerprint density at radius 3 is 3.11 bits per heavy atom. The summed E-state index contributed by atoms with van der Waals surface area (Å²) in [7, 11) is 1.89. The van der Waals surface area contributed by atoms with Crippen molar-refractivity contribution in [1.82, 2.24) is 10.6 Å². The van der Waals surface area contributed by atoms with Crippen LogP contribution >= 0.6 is 11.6 Å². The number of benzene rings is 1. The van der Waals surface area contributed by atoms with Crippen LogP contribution in [0.4, 0.5) is 5.69 Å². The number of halogens is 1. The number of carbonyl (C=O) groups is 1. The molecule has 0 unspecified atom stereocenters. The van der Waals surface area contributed by atoms with Crippen LogP contribution in [0.3, 0.4) is 0 Å². The topological polar surface area (TPSA) is 44.4 Å². The molecule has 1 aliphatic rings. The van der Waals surface area contributed by atoms with Crippen LogP contribution in [0.5, 0.6) is 0 Å². The summed E-state index contributed by atoms with van der Waals surface area (Å²) in [5.41, 5.74) is 2.10. The minimum atomic E-state index is 0.0721. The molecule has 5 heteroatoms. The summed E-state index contributed by atoms with van der Waals surface area (Å²) in [6, 6.07) is 5.84. The minimum Gasteiger partial charge on any atom is -0.362 e. The number of nitrogens with one attached hydrogen (secondary N) is 2. The van der Waals surface area contributed by atoms with Crippen molar-refractivity contribution < 1.29 is 4.79 Å². The Bertz CT molecular complexity index is 436. The van der Waals surface area contributed by atoms with E-state index in [-0.39, 0.29) is 5.91 Å². The molecule has 1 aliphatic heterocycles. The molecule has 0 saturated carbocycles.